The highest BCUT2D eigenvalue weighted by molar-refractivity contribution is 5.93. The number of rotatable bonds is 14. The average molecular weight is 517 g/mol. The normalized spacial score (nSPS) is 13.4. The van der Waals surface area contributed by atoms with E-state index in [9.17, 15) is 24.3 Å². The Labute approximate surface area is 214 Å². The Balaban J connectivity index is 1.89. The second kappa shape index (κ2) is 13.8. The van der Waals surface area contributed by atoms with Gasteiger partial charge in [-0.3, -0.25) is 19.4 Å². The molecule has 13 heteroatoms. The van der Waals surface area contributed by atoms with Crippen LogP contribution in [0.15, 0.2) is 35.5 Å². The monoisotopic (exact) mass is 516 g/mol. The lowest BCUT2D eigenvalue weighted by Crippen LogP contribution is -2.55. The molecule has 11 N–H and O–H groups in total. The van der Waals surface area contributed by atoms with E-state index in [-0.39, 0.29) is 18.3 Å². The van der Waals surface area contributed by atoms with Crippen LogP contribution in [0.4, 0.5) is 0 Å². The molecule has 37 heavy (non-hydrogen) atoms. The average Bonchev–Trinajstić information content (AvgIpc) is 3.25. The first-order valence-corrected chi connectivity index (χ1v) is 12.0. The van der Waals surface area contributed by atoms with E-state index in [1.807, 2.05) is 24.3 Å². The van der Waals surface area contributed by atoms with Crippen molar-refractivity contribution < 1.29 is 24.3 Å². The molecule has 1 heterocycles. The van der Waals surface area contributed by atoms with Gasteiger partial charge in [0.05, 0.1) is 12.6 Å². The number of guanidine groups is 1. The van der Waals surface area contributed by atoms with Gasteiger partial charge in [0, 0.05) is 30.1 Å². The van der Waals surface area contributed by atoms with Gasteiger partial charge in [-0.1, -0.05) is 32.0 Å². The van der Waals surface area contributed by atoms with Gasteiger partial charge in [-0.25, -0.2) is 4.79 Å². The van der Waals surface area contributed by atoms with Gasteiger partial charge in [-0.15, -0.1) is 0 Å². The summed E-state index contributed by atoms with van der Waals surface area (Å²) in [6.07, 6.45) is 2.56. The molecule has 2 aromatic rings. The lowest BCUT2D eigenvalue weighted by atomic mass is 10.0. The van der Waals surface area contributed by atoms with E-state index in [1.165, 1.54) is 0 Å². The first-order valence-electron chi connectivity index (χ1n) is 12.0. The molecule has 3 unspecified atom stereocenters. The number of nitrogens with zero attached hydrogens (tertiary/aromatic N) is 1. The lowest BCUT2D eigenvalue weighted by Gasteiger charge is -2.23. The van der Waals surface area contributed by atoms with Crippen LogP contribution >= 0.6 is 0 Å². The van der Waals surface area contributed by atoms with Gasteiger partial charge >= 0.3 is 5.97 Å². The number of nitrogens with two attached hydrogens (primary N) is 3. The van der Waals surface area contributed by atoms with E-state index in [0.29, 0.717) is 19.4 Å². The number of hydrogen-bond acceptors (Lipinski definition) is 6. The van der Waals surface area contributed by atoms with Gasteiger partial charge in [-0.05, 0) is 30.4 Å². The summed E-state index contributed by atoms with van der Waals surface area (Å²) in [6, 6.07) is 4.42. The van der Waals surface area contributed by atoms with Crippen LogP contribution < -0.4 is 33.2 Å². The summed E-state index contributed by atoms with van der Waals surface area (Å²) in [6.45, 7) is 3.33. The third-order valence-electron chi connectivity index (χ3n) is 5.71. The number of nitrogens with one attached hydrogen (secondary N) is 4. The number of hydrogen-bond donors (Lipinski definition) is 8. The smallest absolute Gasteiger partial charge is 0.326 e. The van der Waals surface area contributed by atoms with Gasteiger partial charge < -0.3 is 43.2 Å². The van der Waals surface area contributed by atoms with E-state index in [0.717, 1.165) is 16.5 Å². The molecule has 0 aliphatic carbocycles. The molecule has 3 amide bonds. The van der Waals surface area contributed by atoms with E-state index < -0.39 is 48.4 Å². The minimum atomic E-state index is -1.20. The second-order valence-electron chi connectivity index (χ2n) is 9.03. The largest absolute Gasteiger partial charge is 0.480 e. The standard InChI is InChI=1S/C24H36N8O5/c1-13(2)20(32-21(34)16(25)7-5-9-28-24(26)27)22(35)30-12-19(33)31-18(23(36)37)10-14-11-29-17-8-4-3-6-15(14)17/h3-4,6,8,11,13,16,18,20,29H,5,7,9-10,12,25H2,1-2H3,(H,30,35)(H,31,33)(H,32,34)(H,36,37)(H4,26,27,28). The van der Waals surface area contributed by atoms with Crippen LogP contribution in [0.25, 0.3) is 10.9 Å². The predicted octanol–water partition coefficient (Wildman–Crippen LogP) is -1.08. The summed E-state index contributed by atoms with van der Waals surface area (Å²) >= 11 is 0. The molecule has 0 saturated heterocycles. The van der Waals surface area contributed by atoms with Crippen LogP contribution in [0.3, 0.4) is 0 Å². The van der Waals surface area contributed by atoms with Crippen molar-refractivity contribution in [2.45, 2.75) is 51.2 Å². The molecule has 202 valence electrons. The summed E-state index contributed by atoms with van der Waals surface area (Å²) in [7, 11) is 0. The highest BCUT2D eigenvalue weighted by Gasteiger charge is 2.27. The molecule has 3 atom stereocenters. The minimum Gasteiger partial charge on any atom is -0.480 e. The molecule has 2 rings (SSSR count). The van der Waals surface area contributed by atoms with E-state index in [1.54, 1.807) is 20.0 Å². The van der Waals surface area contributed by atoms with Crippen molar-refractivity contribution >= 4 is 40.6 Å². The number of aromatic nitrogens is 1. The maximum atomic E-state index is 12.7. The van der Waals surface area contributed by atoms with Gasteiger partial charge in [0.25, 0.3) is 0 Å². The first kappa shape index (κ1) is 29.1. The molecular formula is C24H36N8O5. The van der Waals surface area contributed by atoms with Crippen molar-refractivity contribution in [1.82, 2.24) is 20.9 Å². The van der Waals surface area contributed by atoms with Crippen molar-refractivity contribution in [2.75, 3.05) is 13.1 Å². The number of aromatic amines is 1. The van der Waals surface area contributed by atoms with Gasteiger partial charge in [0.2, 0.25) is 17.7 Å². The van der Waals surface area contributed by atoms with Crippen LogP contribution in [0, 0.1) is 5.92 Å². The molecule has 0 aliphatic rings. The zero-order chi connectivity index (χ0) is 27.5. The van der Waals surface area contributed by atoms with Gasteiger partial charge in [0.1, 0.15) is 12.1 Å². The predicted molar refractivity (Wildman–Crippen MR) is 139 cm³/mol. The summed E-state index contributed by atoms with van der Waals surface area (Å²) in [4.78, 5) is 56.2. The Morgan fingerprint density at radius 2 is 1.78 bits per heavy atom. The van der Waals surface area contributed by atoms with Crippen LogP contribution in [-0.4, -0.2) is 71.0 Å². The van der Waals surface area contributed by atoms with Crippen LogP contribution in [0.5, 0.6) is 0 Å². The van der Waals surface area contributed by atoms with E-state index >= 15 is 0 Å². The minimum absolute atomic E-state index is 0.0498. The van der Waals surface area contributed by atoms with Crippen LogP contribution in [0.2, 0.25) is 0 Å². The Morgan fingerprint density at radius 3 is 2.43 bits per heavy atom. The van der Waals surface area contributed by atoms with Crippen molar-refractivity contribution in [3.05, 3.63) is 36.0 Å². The number of benzene rings is 1. The number of fused-ring (bicyclic) bond motifs is 1. The number of aliphatic imine (C=N–C) groups is 1. The topological polar surface area (TPSA) is 231 Å². The third kappa shape index (κ3) is 9.11. The van der Waals surface area contributed by atoms with Crippen LogP contribution in [0.1, 0.15) is 32.3 Å². The third-order valence-corrected chi connectivity index (χ3v) is 5.71. The second-order valence-corrected chi connectivity index (χ2v) is 9.03. The Bertz CT molecular complexity index is 1130. The summed E-state index contributed by atoms with van der Waals surface area (Å²) < 4.78 is 0. The lowest BCUT2D eigenvalue weighted by molar-refractivity contribution is -0.141. The number of carbonyl (C=O) groups is 4. The number of para-hydroxylation sites is 1. The maximum absolute atomic E-state index is 12.7. The van der Waals surface area contributed by atoms with E-state index in [4.69, 9.17) is 17.2 Å². The van der Waals surface area contributed by atoms with Crippen LogP contribution in [-0.2, 0) is 25.6 Å². The van der Waals surface area contributed by atoms with Gasteiger partial charge in [-0.2, -0.15) is 0 Å². The molecule has 0 radical (unpaired) electrons. The van der Waals surface area contributed by atoms with Crippen molar-refractivity contribution in [3.63, 3.8) is 0 Å². The summed E-state index contributed by atoms with van der Waals surface area (Å²) in [5.41, 5.74) is 18.0. The first-order chi connectivity index (χ1) is 17.5. The fourth-order valence-corrected chi connectivity index (χ4v) is 3.69. The van der Waals surface area contributed by atoms with Crippen molar-refractivity contribution in [1.29, 1.82) is 0 Å². The molecule has 0 aliphatic heterocycles. The quantitative estimate of drug-likeness (QED) is 0.0871. The van der Waals surface area contributed by atoms with E-state index in [2.05, 4.69) is 25.9 Å². The molecule has 1 aromatic heterocycles. The van der Waals surface area contributed by atoms with Gasteiger partial charge in [0.15, 0.2) is 5.96 Å². The maximum Gasteiger partial charge on any atom is 0.326 e. The summed E-state index contributed by atoms with van der Waals surface area (Å²) in [5.74, 6) is -3.33. The Kier molecular flexibility index (Phi) is 10.9. The Hall–Kier alpha value is -4.13. The molecule has 13 nitrogen and oxygen atoms in total. The number of carboxylic acid groups (broad SMARTS) is 1. The molecular weight excluding hydrogens is 480 g/mol. The highest BCUT2D eigenvalue weighted by Crippen LogP contribution is 2.19. The Morgan fingerprint density at radius 1 is 1.08 bits per heavy atom. The number of amides is 3. The number of aliphatic carboxylic acids is 1. The van der Waals surface area contributed by atoms with Crippen molar-refractivity contribution in [2.24, 2.45) is 28.1 Å². The number of carbonyl (C=O) groups excluding carboxylic acids is 3. The van der Waals surface area contributed by atoms with Crippen molar-refractivity contribution in [3.8, 4) is 0 Å². The summed E-state index contributed by atoms with van der Waals surface area (Å²) in [5, 5.41) is 18.0. The molecule has 0 bridgehead atoms. The molecule has 0 spiro atoms. The molecule has 1 aromatic carbocycles. The highest BCUT2D eigenvalue weighted by atomic mass is 16.4. The SMILES string of the molecule is CC(C)C(NC(=O)C(N)CCCN=C(N)N)C(=O)NCC(=O)NC(Cc1c[nH]c2ccccc12)C(=O)O. The number of H-pyrrole nitrogens is 1. The fraction of sp³-hybridized carbons (Fsp3) is 0.458. The molecule has 0 saturated carbocycles. The number of carboxylic acids is 1. The zero-order valence-corrected chi connectivity index (χ0v) is 21.0. The zero-order valence-electron chi connectivity index (χ0n) is 21.0. The molecule has 0 fully saturated rings. The fourth-order valence-electron chi connectivity index (χ4n) is 3.69.